The zero-order chi connectivity index (χ0) is 9.10. The average molecular weight is 177 g/mol. The summed E-state index contributed by atoms with van der Waals surface area (Å²) in [4.78, 5) is 5.44. The molecule has 1 aliphatic rings. The summed E-state index contributed by atoms with van der Waals surface area (Å²) in [7, 11) is 0. The predicted molar refractivity (Wildman–Crippen MR) is 51.9 cm³/mol. The van der Waals surface area contributed by atoms with E-state index in [1.807, 2.05) is 11.1 Å². The number of hydroxylamine groups is 2. The van der Waals surface area contributed by atoms with Gasteiger partial charge in [-0.1, -0.05) is 43.7 Å². The molecule has 1 heterocycles. The summed E-state index contributed by atoms with van der Waals surface area (Å²) in [5.41, 5.74) is 1.26. The second-order valence-electron chi connectivity index (χ2n) is 3.36. The van der Waals surface area contributed by atoms with E-state index in [4.69, 9.17) is 4.84 Å². The molecule has 2 heteroatoms. The molecule has 0 bridgehead atoms. The largest absolute Gasteiger partial charge is 0.270 e. The maximum atomic E-state index is 5.44. The first-order valence-electron chi connectivity index (χ1n) is 4.90. The van der Waals surface area contributed by atoms with Crippen LogP contribution in [0.25, 0.3) is 0 Å². The Morgan fingerprint density at radius 2 is 2.08 bits per heavy atom. The van der Waals surface area contributed by atoms with Gasteiger partial charge in [0.1, 0.15) is 0 Å². The molecule has 2 atom stereocenters. The van der Waals surface area contributed by atoms with Gasteiger partial charge in [0.25, 0.3) is 0 Å². The lowest BCUT2D eigenvalue weighted by atomic mass is 10.2. The van der Waals surface area contributed by atoms with Crippen molar-refractivity contribution in [2.45, 2.75) is 26.0 Å². The third kappa shape index (κ3) is 2.08. The van der Waals surface area contributed by atoms with Crippen LogP contribution in [0.15, 0.2) is 30.3 Å². The van der Waals surface area contributed by atoms with E-state index in [2.05, 4.69) is 31.2 Å². The molecule has 2 unspecified atom stereocenters. The summed E-state index contributed by atoms with van der Waals surface area (Å²) in [6, 6.07) is 10.3. The molecule has 1 aromatic rings. The first-order valence-corrected chi connectivity index (χ1v) is 4.90. The van der Waals surface area contributed by atoms with Crippen LogP contribution in [0, 0.1) is 0 Å². The van der Waals surface area contributed by atoms with Crippen LogP contribution in [0.5, 0.6) is 0 Å². The Balaban J connectivity index is 1.86. The minimum absolute atomic E-state index is 0.229. The molecule has 0 saturated carbocycles. The van der Waals surface area contributed by atoms with Crippen LogP contribution in [-0.4, -0.2) is 11.6 Å². The lowest BCUT2D eigenvalue weighted by molar-refractivity contribution is 0.196. The molecule has 2 rings (SSSR count). The Labute approximate surface area is 79.1 Å². The van der Waals surface area contributed by atoms with Crippen LogP contribution >= 0.6 is 0 Å². The highest BCUT2D eigenvalue weighted by Crippen LogP contribution is 2.36. The number of benzene rings is 1. The van der Waals surface area contributed by atoms with Gasteiger partial charge in [-0.2, -0.15) is 5.06 Å². The summed E-state index contributed by atoms with van der Waals surface area (Å²) >= 11 is 0. The lowest BCUT2D eigenvalue weighted by Crippen LogP contribution is -1.99. The Hall–Kier alpha value is -0.860. The molecular weight excluding hydrogens is 162 g/mol. The monoisotopic (exact) mass is 177 g/mol. The van der Waals surface area contributed by atoms with Crippen molar-refractivity contribution in [2.75, 3.05) is 6.54 Å². The summed E-state index contributed by atoms with van der Waals surface area (Å²) in [6.45, 7) is 3.25. The van der Waals surface area contributed by atoms with E-state index < -0.39 is 0 Å². The second-order valence-corrected chi connectivity index (χ2v) is 3.36. The van der Waals surface area contributed by atoms with Gasteiger partial charge in [-0.3, -0.25) is 4.84 Å². The van der Waals surface area contributed by atoms with E-state index in [9.17, 15) is 0 Å². The minimum atomic E-state index is 0.229. The third-order valence-electron chi connectivity index (χ3n) is 2.27. The molecule has 0 radical (unpaired) electrons. The van der Waals surface area contributed by atoms with E-state index in [1.54, 1.807) is 0 Å². The molecule has 70 valence electrons. The fourth-order valence-corrected chi connectivity index (χ4v) is 1.43. The smallest absolute Gasteiger partial charge is 0.179 e. The number of nitrogens with zero attached hydrogens (tertiary/aromatic N) is 1. The molecule has 0 amide bonds. The van der Waals surface area contributed by atoms with Gasteiger partial charge in [0.2, 0.25) is 0 Å². The van der Waals surface area contributed by atoms with Gasteiger partial charge in [0.15, 0.2) is 6.23 Å². The summed E-state index contributed by atoms with van der Waals surface area (Å²) in [5.74, 6) is 0. The highest BCUT2D eigenvalue weighted by atomic mass is 16.8. The van der Waals surface area contributed by atoms with Crippen molar-refractivity contribution in [1.29, 1.82) is 0 Å². The quantitative estimate of drug-likeness (QED) is 0.657. The van der Waals surface area contributed by atoms with Crippen molar-refractivity contribution < 1.29 is 4.84 Å². The summed E-state index contributed by atoms with van der Waals surface area (Å²) < 4.78 is 0. The van der Waals surface area contributed by atoms with Crippen molar-refractivity contribution in [1.82, 2.24) is 5.06 Å². The minimum Gasteiger partial charge on any atom is -0.270 e. The van der Waals surface area contributed by atoms with Crippen molar-refractivity contribution in [3.63, 3.8) is 0 Å². The molecule has 0 aliphatic carbocycles. The van der Waals surface area contributed by atoms with E-state index >= 15 is 0 Å². The SMILES string of the molecule is CCCCN1OC1c1ccccc1. The highest BCUT2D eigenvalue weighted by Gasteiger charge is 2.36. The van der Waals surface area contributed by atoms with Crippen LogP contribution < -0.4 is 0 Å². The van der Waals surface area contributed by atoms with Gasteiger partial charge >= 0.3 is 0 Å². The van der Waals surface area contributed by atoms with Crippen molar-refractivity contribution >= 4 is 0 Å². The molecule has 13 heavy (non-hydrogen) atoms. The molecular formula is C11H15NO. The third-order valence-corrected chi connectivity index (χ3v) is 2.27. The first kappa shape index (κ1) is 8.73. The molecule has 1 aromatic carbocycles. The Kier molecular flexibility index (Phi) is 2.62. The number of hydrogen-bond donors (Lipinski definition) is 0. The van der Waals surface area contributed by atoms with Gasteiger partial charge in [0, 0.05) is 6.54 Å². The Morgan fingerprint density at radius 3 is 2.77 bits per heavy atom. The van der Waals surface area contributed by atoms with Crippen LogP contribution in [0.2, 0.25) is 0 Å². The van der Waals surface area contributed by atoms with E-state index in [1.165, 1.54) is 18.4 Å². The Morgan fingerprint density at radius 1 is 1.31 bits per heavy atom. The normalized spacial score (nSPS) is 25.9. The number of rotatable bonds is 4. The number of unbranched alkanes of at least 4 members (excludes halogenated alkanes) is 1. The molecule has 1 aliphatic heterocycles. The van der Waals surface area contributed by atoms with E-state index in [0.29, 0.717) is 0 Å². The zero-order valence-electron chi connectivity index (χ0n) is 7.94. The van der Waals surface area contributed by atoms with Gasteiger partial charge in [0.05, 0.1) is 0 Å². The fraction of sp³-hybridized carbons (Fsp3) is 0.455. The highest BCUT2D eigenvalue weighted by molar-refractivity contribution is 5.18. The fourth-order valence-electron chi connectivity index (χ4n) is 1.43. The lowest BCUT2D eigenvalue weighted by Gasteiger charge is -1.95. The van der Waals surface area contributed by atoms with Crippen LogP contribution in [-0.2, 0) is 4.84 Å². The van der Waals surface area contributed by atoms with Gasteiger partial charge in [-0.25, -0.2) is 0 Å². The standard InChI is InChI=1S/C11H15NO/c1-2-3-9-12-11(13-12)10-7-5-4-6-8-10/h4-8,11H,2-3,9H2,1H3. The van der Waals surface area contributed by atoms with Crippen LogP contribution in [0.1, 0.15) is 31.6 Å². The molecule has 0 N–H and O–H groups in total. The van der Waals surface area contributed by atoms with Crippen molar-refractivity contribution in [2.24, 2.45) is 0 Å². The topological polar surface area (TPSA) is 15.5 Å². The van der Waals surface area contributed by atoms with Crippen molar-refractivity contribution in [3.8, 4) is 0 Å². The predicted octanol–water partition coefficient (Wildman–Crippen LogP) is 2.73. The number of hydrogen-bond acceptors (Lipinski definition) is 2. The summed E-state index contributed by atoms with van der Waals surface area (Å²) in [5, 5.41) is 2.04. The molecule has 0 spiro atoms. The average Bonchev–Trinajstić information content (AvgIpc) is 2.95. The zero-order valence-corrected chi connectivity index (χ0v) is 7.94. The molecule has 0 aromatic heterocycles. The molecule has 1 saturated heterocycles. The maximum absolute atomic E-state index is 5.44. The molecule has 2 nitrogen and oxygen atoms in total. The first-order chi connectivity index (χ1) is 6.42. The van der Waals surface area contributed by atoms with Crippen LogP contribution in [0.3, 0.4) is 0 Å². The van der Waals surface area contributed by atoms with E-state index in [0.717, 1.165) is 6.54 Å². The molecule has 1 fully saturated rings. The maximum Gasteiger partial charge on any atom is 0.179 e. The summed E-state index contributed by atoms with van der Waals surface area (Å²) in [6.07, 6.45) is 2.66. The van der Waals surface area contributed by atoms with Crippen molar-refractivity contribution in [3.05, 3.63) is 35.9 Å². The van der Waals surface area contributed by atoms with Crippen LogP contribution in [0.4, 0.5) is 0 Å². The van der Waals surface area contributed by atoms with Gasteiger partial charge in [-0.15, -0.1) is 0 Å². The second kappa shape index (κ2) is 3.90. The van der Waals surface area contributed by atoms with Gasteiger partial charge < -0.3 is 0 Å². The van der Waals surface area contributed by atoms with Gasteiger partial charge in [-0.05, 0) is 12.0 Å². The Bertz CT molecular complexity index is 260. The van der Waals surface area contributed by atoms with E-state index in [-0.39, 0.29) is 6.23 Å².